The molecule has 1 nitrogen and oxygen atoms in total. The molecule has 0 unspecified atom stereocenters. The number of hydrogen-bond donors (Lipinski definition) is 1. The van der Waals surface area contributed by atoms with Gasteiger partial charge < -0.3 is 5.32 Å². The van der Waals surface area contributed by atoms with Gasteiger partial charge in [0.25, 0.3) is 0 Å². The minimum Gasteiger partial charge on any atom is -0.355 e. The zero-order valence-corrected chi connectivity index (χ0v) is 15.3. The summed E-state index contributed by atoms with van der Waals surface area (Å²) >= 11 is 1.77. The van der Waals surface area contributed by atoms with Crippen molar-refractivity contribution in [1.29, 1.82) is 0 Å². The lowest BCUT2D eigenvalue weighted by molar-refractivity contribution is 0.607. The Morgan fingerprint density at radius 3 is 2.30 bits per heavy atom. The average Bonchev–Trinajstić information content (AvgIpc) is 2.59. The molecular weight excluding hydrogens is 298 g/mol. The molecular formula is C21H29NS. The lowest BCUT2D eigenvalue weighted by Gasteiger charge is -2.09. The van der Waals surface area contributed by atoms with Crippen LogP contribution < -0.4 is 5.32 Å². The van der Waals surface area contributed by atoms with E-state index in [2.05, 4.69) is 67.0 Å². The molecule has 0 bridgehead atoms. The molecule has 2 aromatic carbocycles. The molecule has 0 aromatic heterocycles. The average molecular weight is 328 g/mol. The van der Waals surface area contributed by atoms with Crippen molar-refractivity contribution in [3.05, 3.63) is 54.1 Å². The Bertz CT molecular complexity index is 562. The minimum absolute atomic E-state index is 1.15. The second kappa shape index (κ2) is 10.4. The molecule has 0 aliphatic heterocycles. The predicted molar refractivity (Wildman–Crippen MR) is 105 cm³/mol. The molecule has 0 heterocycles. The number of hydrogen-bond acceptors (Lipinski definition) is 2. The first-order chi connectivity index (χ1) is 11.3. The smallest absolute Gasteiger partial charge is 0.0395 e. The molecule has 0 saturated heterocycles. The Kier molecular flexibility index (Phi) is 8.10. The molecule has 23 heavy (non-hydrogen) atoms. The van der Waals surface area contributed by atoms with Crippen molar-refractivity contribution in [2.75, 3.05) is 11.6 Å². The van der Waals surface area contributed by atoms with Gasteiger partial charge in [-0.25, -0.2) is 0 Å². The highest BCUT2D eigenvalue weighted by Crippen LogP contribution is 2.23. The van der Waals surface area contributed by atoms with Crippen molar-refractivity contribution in [1.82, 2.24) is 0 Å². The quantitative estimate of drug-likeness (QED) is 0.370. The van der Waals surface area contributed by atoms with E-state index in [-0.39, 0.29) is 0 Å². The van der Waals surface area contributed by atoms with Crippen LogP contribution in [0.2, 0.25) is 0 Å². The Morgan fingerprint density at radius 2 is 1.57 bits per heavy atom. The predicted octanol–water partition coefficient (Wildman–Crippen LogP) is 7.06. The van der Waals surface area contributed by atoms with Crippen LogP contribution >= 0.6 is 11.8 Å². The van der Waals surface area contributed by atoms with E-state index in [1.54, 1.807) is 11.8 Å². The summed E-state index contributed by atoms with van der Waals surface area (Å²) in [6.07, 6.45) is 11.5. The third-order valence-corrected chi connectivity index (χ3v) is 4.86. The maximum atomic E-state index is 3.48. The van der Waals surface area contributed by atoms with Crippen molar-refractivity contribution in [2.24, 2.45) is 0 Å². The highest BCUT2D eigenvalue weighted by atomic mass is 32.2. The van der Waals surface area contributed by atoms with Crippen molar-refractivity contribution in [2.45, 2.75) is 56.8 Å². The van der Waals surface area contributed by atoms with Gasteiger partial charge in [0.2, 0.25) is 0 Å². The fourth-order valence-corrected chi connectivity index (χ4v) is 3.19. The number of thioether (sulfide) groups is 1. The zero-order valence-electron chi connectivity index (χ0n) is 14.5. The third kappa shape index (κ3) is 6.70. The van der Waals surface area contributed by atoms with E-state index in [4.69, 9.17) is 0 Å². The van der Waals surface area contributed by atoms with Gasteiger partial charge in [0.1, 0.15) is 0 Å². The Labute approximate surface area is 145 Å². The molecule has 0 atom stereocenters. The van der Waals surface area contributed by atoms with E-state index >= 15 is 0 Å². The second-order valence-electron chi connectivity index (χ2n) is 6.07. The molecule has 0 saturated carbocycles. The molecule has 0 spiro atoms. The van der Waals surface area contributed by atoms with E-state index in [0.29, 0.717) is 0 Å². The van der Waals surface area contributed by atoms with Crippen molar-refractivity contribution in [3.63, 3.8) is 0 Å². The van der Waals surface area contributed by atoms with E-state index in [9.17, 15) is 0 Å². The van der Waals surface area contributed by atoms with Crippen LogP contribution in [0, 0.1) is 0 Å². The van der Waals surface area contributed by atoms with E-state index in [0.717, 1.165) is 11.4 Å². The number of nitrogens with one attached hydrogen (secondary N) is 1. The van der Waals surface area contributed by atoms with Crippen LogP contribution in [0.5, 0.6) is 0 Å². The van der Waals surface area contributed by atoms with Crippen LogP contribution in [0.4, 0.5) is 11.4 Å². The number of benzene rings is 2. The largest absolute Gasteiger partial charge is 0.355 e. The molecule has 0 aliphatic carbocycles. The summed E-state index contributed by atoms with van der Waals surface area (Å²) in [5, 5.41) is 3.48. The minimum atomic E-state index is 1.15. The summed E-state index contributed by atoms with van der Waals surface area (Å²) in [5.41, 5.74) is 3.76. The van der Waals surface area contributed by atoms with Crippen LogP contribution in [0.3, 0.4) is 0 Å². The SMILES string of the molecule is CCCCCCCCc1ccc(Nc2cccc(SC)c2)cc1. The van der Waals surface area contributed by atoms with Crippen molar-refractivity contribution in [3.8, 4) is 0 Å². The molecule has 124 valence electrons. The van der Waals surface area contributed by atoms with Gasteiger partial charge in [-0.3, -0.25) is 0 Å². The van der Waals surface area contributed by atoms with Gasteiger partial charge in [-0.1, -0.05) is 57.2 Å². The zero-order chi connectivity index (χ0) is 16.3. The number of aryl methyl sites for hydroxylation is 1. The van der Waals surface area contributed by atoms with E-state index in [1.807, 2.05) is 0 Å². The Balaban J connectivity index is 1.77. The number of anilines is 2. The van der Waals surface area contributed by atoms with Gasteiger partial charge in [0.05, 0.1) is 0 Å². The molecule has 0 fully saturated rings. The summed E-state index contributed by atoms with van der Waals surface area (Å²) < 4.78 is 0. The molecule has 0 amide bonds. The summed E-state index contributed by atoms with van der Waals surface area (Å²) in [6.45, 7) is 2.27. The normalized spacial score (nSPS) is 10.7. The van der Waals surface area contributed by atoms with Gasteiger partial charge in [-0.2, -0.15) is 0 Å². The first kappa shape index (κ1) is 17.9. The first-order valence-electron chi connectivity index (χ1n) is 8.82. The van der Waals surface area contributed by atoms with Gasteiger partial charge in [0, 0.05) is 16.3 Å². The number of rotatable bonds is 10. The standard InChI is InChI=1S/C21H29NS/c1-3-4-5-6-7-8-10-18-13-15-19(16-14-18)22-20-11-9-12-21(17-20)23-2/h9,11-17,22H,3-8,10H2,1-2H3. The lowest BCUT2D eigenvalue weighted by Crippen LogP contribution is -1.91. The fraction of sp³-hybridized carbons (Fsp3) is 0.429. The maximum Gasteiger partial charge on any atom is 0.0395 e. The van der Waals surface area contributed by atoms with Crippen LogP contribution in [0.25, 0.3) is 0 Å². The topological polar surface area (TPSA) is 12.0 Å². The Morgan fingerprint density at radius 1 is 0.826 bits per heavy atom. The van der Waals surface area contributed by atoms with Crippen LogP contribution in [-0.2, 0) is 6.42 Å². The molecule has 0 aliphatic rings. The molecule has 2 rings (SSSR count). The summed E-state index contributed by atoms with van der Waals surface area (Å²) in [7, 11) is 0. The third-order valence-electron chi connectivity index (χ3n) is 4.13. The highest BCUT2D eigenvalue weighted by molar-refractivity contribution is 7.98. The van der Waals surface area contributed by atoms with Gasteiger partial charge in [0.15, 0.2) is 0 Å². The molecule has 2 heteroatoms. The summed E-state index contributed by atoms with van der Waals surface area (Å²) in [5.74, 6) is 0. The number of unbranched alkanes of at least 4 members (excludes halogenated alkanes) is 5. The maximum absolute atomic E-state index is 3.48. The first-order valence-corrected chi connectivity index (χ1v) is 10.0. The van der Waals surface area contributed by atoms with Gasteiger partial charge in [-0.15, -0.1) is 11.8 Å². The van der Waals surface area contributed by atoms with Gasteiger partial charge >= 0.3 is 0 Å². The van der Waals surface area contributed by atoms with Crippen LogP contribution in [0.1, 0.15) is 51.0 Å². The van der Waals surface area contributed by atoms with E-state index < -0.39 is 0 Å². The second-order valence-corrected chi connectivity index (χ2v) is 6.95. The van der Waals surface area contributed by atoms with Gasteiger partial charge in [-0.05, 0) is 55.0 Å². The molecule has 2 aromatic rings. The summed E-state index contributed by atoms with van der Waals surface area (Å²) in [4.78, 5) is 1.29. The Hall–Kier alpha value is -1.41. The molecule has 0 radical (unpaired) electrons. The highest BCUT2D eigenvalue weighted by Gasteiger charge is 1.98. The lowest BCUT2D eigenvalue weighted by atomic mass is 10.0. The fourth-order valence-electron chi connectivity index (χ4n) is 2.73. The summed E-state index contributed by atoms with van der Waals surface area (Å²) in [6, 6.07) is 17.4. The molecule has 1 N–H and O–H groups in total. The van der Waals surface area contributed by atoms with Crippen LogP contribution in [-0.4, -0.2) is 6.26 Å². The van der Waals surface area contributed by atoms with Crippen molar-refractivity contribution < 1.29 is 0 Å². The van der Waals surface area contributed by atoms with Crippen LogP contribution in [0.15, 0.2) is 53.4 Å². The van der Waals surface area contributed by atoms with E-state index in [1.165, 1.54) is 55.4 Å². The van der Waals surface area contributed by atoms with Crippen molar-refractivity contribution >= 4 is 23.1 Å². The monoisotopic (exact) mass is 327 g/mol.